The molecule has 0 aliphatic carbocycles. The lowest BCUT2D eigenvalue weighted by molar-refractivity contribution is -0.120. The molecule has 2 N–H and O–H groups in total. The number of aryl methyl sites for hydroxylation is 1. The quantitative estimate of drug-likeness (QED) is 0.156. The fourth-order valence-corrected chi connectivity index (χ4v) is 6.90. The van der Waals surface area contributed by atoms with Crippen LogP contribution in [0.1, 0.15) is 21.5 Å². The molecule has 5 rings (SSSR count). The van der Waals surface area contributed by atoms with Crippen molar-refractivity contribution in [2.75, 3.05) is 29.2 Å². The highest BCUT2D eigenvalue weighted by atomic mass is 32.2. The van der Waals surface area contributed by atoms with Crippen LogP contribution in [0.4, 0.5) is 17.1 Å². The van der Waals surface area contributed by atoms with Gasteiger partial charge < -0.3 is 14.8 Å². The average molecular weight is 644 g/mol. The van der Waals surface area contributed by atoms with E-state index in [-0.39, 0.29) is 27.4 Å². The van der Waals surface area contributed by atoms with Gasteiger partial charge in [-0.25, -0.2) is 18.1 Å². The molecule has 0 unspecified atom stereocenters. The van der Waals surface area contributed by atoms with Crippen LogP contribution in [0.15, 0.2) is 113 Å². The Morgan fingerprint density at radius 1 is 0.867 bits per heavy atom. The number of benzene rings is 4. The highest BCUT2D eigenvalue weighted by molar-refractivity contribution is 8.04. The number of nitrogens with one attached hydrogen (secondary N) is 2. The predicted molar refractivity (Wildman–Crippen MR) is 174 cm³/mol. The van der Waals surface area contributed by atoms with Gasteiger partial charge in [0, 0.05) is 10.6 Å². The van der Waals surface area contributed by atoms with E-state index in [1.54, 1.807) is 78.9 Å². The molecule has 1 heterocycles. The zero-order chi connectivity index (χ0) is 32.1. The number of ether oxygens (including phenoxy) is 2. The first-order valence-electron chi connectivity index (χ1n) is 13.6. The standard InChI is InChI=1S/C33H29N3O7S2/c1-21-16-17-28(42-2)27(18-21)34-29-30(32(38)36(31(29)37)24-12-5-4-6-13-24)44-25-14-9-11-23(19-25)35-45(40,41)20-22-10-7-8-15-26(22)33(39)43-3/h4-19,34-35H,20H2,1-3H3. The van der Waals surface area contributed by atoms with Crippen molar-refractivity contribution in [1.29, 1.82) is 0 Å². The van der Waals surface area contributed by atoms with Crippen molar-refractivity contribution < 1.29 is 32.3 Å². The summed E-state index contributed by atoms with van der Waals surface area (Å²) in [6.45, 7) is 1.90. The largest absolute Gasteiger partial charge is 0.495 e. The summed E-state index contributed by atoms with van der Waals surface area (Å²) >= 11 is 1.03. The van der Waals surface area contributed by atoms with Crippen molar-refractivity contribution in [2.45, 2.75) is 17.6 Å². The van der Waals surface area contributed by atoms with E-state index in [1.807, 2.05) is 19.1 Å². The van der Waals surface area contributed by atoms with Gasteiger partial charge in [0.2, 0.25) is 10.0 Å². The Morgan fingerprint density at radius 2 is 1.60 bits per heavy atom. The van der Waals surface area contributed by atoms with Crippen molar-refractivity contribution in [3.63, 3.8) is 0 Å². The molecule has 0 atom stereocenters. The molecular weight excluding hydrogens is 615 g/mol. The number of thioether (sulfide) groups is 1. The molecule has 2 amide bonds. The van der Waals surface area contributed by atoms with E-state index in [9.17, 15) is 22.8 Å². The van der Waals surface area contributed by atoms with Crippen LogP contribution in [0.25, 0.3) is 0 Å². The fraction of sp³-hybridized carbons (Fsp3) is 0.121. The Labute approximate surface area is 265 Å². The number of rotatable bonds is 11. The number of methoxy groups -OCH3 is 2. The molecule has 0 bridgehead atoms. The third-order valence-electron chi connectivity index (χ3n) is 6.77. The molecule has 4 aromatic carbocycles. The normalized spacial score (nSPS) is 13.2. The maximum atomic E-state index is 13.8. The predicted octanol–water partition coefficient (Wildman–Crippen LogP) is 5.72. The van der Waals surface area contributed by atoms with Gasteiger partial charge in [-0.2, -0.15) is 0 Å². The van der Waals surface area contributed by atoms with Crippen molar-refractivity contribution in [3.8, 4) is 5.75 Å². The van der Waals surface area contributed by atoms with Gasteiger partial charge in [0.15, 0.2) is 0 Å². The van der Waals surface area contributed by atoms with Gasteiger partial charge in [0.05, 0.1) is 36.9 Å². The van der Waals surface area contributed by atoms with Gasteiger partial charge in [-0.3, -0.25) is 14.3 Å². The molecule has 1 aliphatic heterocycles. The van der Waals surface area contributed by atoms with Crippen LogP contribution < -0.4 is 19.7 Å². The summed E-state index contributed by atoms with van der Waals surface area (Å²) in [5.74, 6) is -1.69. The maximum Gasteiger partial charge on any atom is 0.338 e. The molecule has 230 valence electrons. The van der Waals surface area contributed by atoms with Crippen LogP contribution in [-0.4, -0.2) is 40.4 Å². The van der Waals surface area contributed by atoms with Crippen molar-refractivity contribution in [3.05, 3.63) is 124 Å². The molecule has 10 nitrogen and oxygen atoms in total. The van der Waals surface area contributed by atoms with E-state index in [0.29, 0.717) is 22.0 Å². The van der Waals surface area contributed by atoms with Gasteiger partial charge in [-0.05, 0) is 66.6 Å². The lowest BCUT2D eigenvalue weighted by atomic mass is 10.1. The molecule has 4 aromatic rings. The van der Waals surface area contributed by atoms with Crippen LogP contribution in [-0.2, 0) is 30.1 Å². The average Bonchev–Trinajstić information content (AvgIpc) is 3.25. The minimum absolute atomic E-state index is 0.0585. The number of sulfonamides is 1. The first-order chi connectivity index (χ1) is 21.6. The lowest BCUT2D eigenvalue weighted by Crippen LogP contribution is -2.32. The number of carbonyl (C=O) groups excluding carboxylic acids is 3. The third-order valence-corrected chi connectivity index (χ3v) is 9.08. The number of imide groups is 1. The first-order valence-corrected chi connectivity index (χ1v) is 16.1. The van der Waals surface area contributed by atoms with Crippen molar-refractivity contribution >= 4 is 56.6 Å². The number of para-hydroxylation sites is 1. The highest BCUT2D eigenvalue weighted by Crippen LogP contribution is 2.39. The minimum Gasteiger partial charge on any atom is -0.495 e. The topological polar surface area (TPSA) is 131 Å². The fourth-order valence-electron chi connectivity index (χ4n) is 4.70. The van der Waals surface area contributed by atoms with Gasteiger partial charge in [0.25, 0.3) is 11.8 Å². The van der Waals surface area contributed by atoms with Crippen molar-refractivity contribution in [2.24, 2.45) is 0 Å². The zero-order valence-electron chi connectivity index (χ0n) is 24.6. The summed E-state index contributed by atoms with van der Waals surface area (Å²) in [6, 6.07) is 26.8. The highest BCUT2D eigenvalue weighted by Gasteiger charge is 2.40. The van der Waals surface area contributed by atoms with Crippen LogP contribution >= 0.6 is 11.8 Å². The number of hydrogen-bond donors (Lipinski definition) is 2. The van der Waals surface area contributed by atoms with Crippen LogP contribution in [0.5, 0.6) is 5.75 Å². The Morgan fingerprint density at radius 3 is 2.33 bits per heavy atom. The Hall–Kier alpha value is -5.07. The number of amides is 2. The van der Waals surface area contributed by atoms with Gasteiger partial charge in [0.1, 0.15) is 16.4 Å². The summed E-state index contributed by atoms with van der Waals surface area (Å²) in [5.41, 5.74) is 2.57. The number of esters is 1. The summed E-state index contributed by atoms with van der Waals surface area (Å²) in [6.07, 6.45) is 0. The van der Waals surface area contributed by atoms with Crippen LogP contribution in [0, 0.1) is 6.92 Å². The number of nitrogens with zero attached hydrogens (tertiary/aromatic N) is 1. The maximum absolute atomic E-state index is 13.8. The SMILES string of the molecule is COC(=O)c1ccccc1CS(=O)(=O)Nc1cccc(SC2=C(Nc3cc(C)ccc3OC)C(=O)N(c3ccccc3)C2=O)c1. The Kier molecular flexibility index (Phi) is 9.26. The second-order valence-electron chi connectivity index (χ2n) is 9.95. The number of anilines is 3. The van der Waals surface area contributed by atoms with E-state index < -0.39 is 33.6 Å². The van der Waals surface area contributed by atoms with E-state index in [1.165, 1.54) is 20.3 Å². The second kappa shape index (κ2) is 13.3. The van der Waals surface area contributed by atoms with Gasteiger partial charge in [-0.1, -0.05) is 60.3 Å². The van der Waals surface area contributed by atoms with Gasteiger partial charge in [-0.15, -0.1) is 0 Å². The lowest BCUT2D eigenvalue weighted by Gasteiger charge is -2.16. The van der Waals surface area contributed by atoms with Gasteiger partial charge >= 0.3 is 5.97 Å². The first kappa shape index (κ1) is 31.4. The Balaban J connectivity index is 1.45. The molecule has 1 aliphatic rings. The van der Waals surface area contributed by atoms with Crippen LogP contribution in [0.2, 0.25) is 0 Å². The Bertz CT molecular complexity index is 1930. The summed E-state index contributed by atoms with van der Waals surface area (Å²) < 4.78 is 39.0. The molecule has 0 fully saturated rings. The van der Waals surface area contributed by atoms with Crippen molar-refractivity contribution in [1.82, 2.24) is 0 Å². The molecule has 45 heavy (non-hydrogen) atoms. The smallest absolute Gasteiger partial charge is 0.338 e. The summed E-state index contributed by atoms with van der Waals surface area (Å²) in [4.78, 5) is 41.4. The minimum atomic E-state index is -3.96. The molecule has 0 aromatic heterocycles. The molecule has 12 heteroatoms. The molecule has 0 spiro atoms. The molecule has 0 saturated heterocycles. The summed E-state index contributed by atoms with van der Waals surface area (Å²) in [7, 11) is -1.22. The van der Waals surface area contributed by atoms with E-state index in [2.05, 4.69) is 10.0 Å². The number of carbonyl (C=O) groups is 3. The number of hydrogen-bond acceptors (Lipinski definition) is 9. The van der Waals surface area contributed by atoms with E-state index in [0.717, 1.165) is 22.2 Å². The monoisotopic (exact) mass is 643 g/mol. The van der Waals surface area contributed by atoms with Crippen LogP contribution in [0.3, 0.4) is 0 Å². The van der Waals surface area contributed by atoms with E-state index >= 15 is 0 Å². The molecule has 0 saturated carbocycles. The third kappa shape index (κ3) is 7.03. The second-order valence-corrected chi connectivity index (χ2v) is 12.8. The summed E-state index contributed by atoms with van der Waals surface area (Å²) in [5, 5.41) is 3.12. The zero-order valence-corrected chi connectivity index (χ0v) is 26.2. The molecular formula is C33H29N3O7S2. The molecule has 0 radical (unpaired) electrons. The van der Waals surface area contributed by atoms with E-state index in [4.69, 9.17) is 9.47 Å².